The summed E-state index contributed by atoms with van der Waals surface area (Å²) in [6.45, 7) is 5.89. The second-order valence-electron chi connectivity index (χ2n) is 4.35. The maximum atomic E-state index is 5.44. The fourth-order valence-corrected chi connectivity index (χ4v) is 2.40. The van der Waals surface area contributed by atoms with E-state index in [1.807, 2.05) is 19.2 Å². The number of thioether (sulfide) groups is 1. The molecule has 0 atom stereocenters. The van der Waals surface area contributed by atoms with Crippen LogP contribution in [0, 0.1) is 0 Å². The Balaban J connectivity index is 0.00000242. The zero-order valence-electron chi connectivity index (χ0n) is 12.4. The molecule has 0 aliphatic heterocycles. The summed E-state index contributed by atoms with van der Waals surface area (Å²) in [5.74, 6) is 1.79. The van der Waals surface area contributed by atoms with Crippen molar-refractivity contribution in [3.63, 3.8) is 0 Å². The number of benzene rings is 1. The van der Waals surface area contributed by atoms with Gasteiger partial charge in [-0.2, -0.15) is 0 Å². The maximum Gasteiger partial charge on any atom is 0.209 e. The summed E-state index contributed by atoms with van der Waals surface area (Å²) < 4.78 is 7.12. The Hall–Kier alpha value is -1.57. The van der Waals surface area contributed by atoms with Gasteiger partial charge in [0.2, 0.25) is 5.16 Å². The SMILES string of the molecule is C=CCOc1ccc(CNCCSc2nnnn2C)cc1.[Cl-]. The maximum absolute atomic E-state index is 5.44. The summed E-state index contributed by atoms with van der Waals surface area (Å²) >= 11 is 1.64. The predicted molar refractivity (Wildman–Crippen MR) is 83.4 cm³/mol. The molecule has 1 aromatic heterocycles. The topological polar surface area (TPSA) is 64.9 Å². The summed E-state index contributed by atoms with van der Waals surface area (Å²) in [5, 5.41) is 15.5. The molecular weight excluding hydrogens is 322 g/mol. The average Bonchev–Trinajstić information content (AvgIpc) is 2.91. The lowest BCUT2D eigenvalue weighted by atomic mass is 10.2. The van der Waals surface area contributed by atoms with Crippen LogP contribution < -0.4 is 22.5 Å². The van der Waals surface area contributed by atoms with Gasteiger partial charge in [0, 0.05) is 25.9 Å². The number of ether oxygens (including phenoxy) is 1. The minimum atomic E-state index is 0. The molecule has 2 rings (SSSR count). The molecule has 0 saturated carbocycles. The van der Waals surface area contributed by atoms with Crippen molar-refractivity contribution in [1.29, 1.82) is 0 Å². The Morgan fingerprint density at radius 3 is 2.77 bits per heavy atom. The lowest BCUT2D eigenvalue weighted by Crippen LogP contribution is -3.00. The molecule has 0 spiro atoms. The Kier molecular flexibility index (Phi) is 8.57. The molecule has 0 aliphatic carbocycles. The molecular formula is C14H19ClN5OS-. The third-order valence-corrected chi connectivity index (χ3v) is 3.72. The summed E-state index contributed by atoms with van der Waals surface area (Å²) in [4.78, 5) is 0. The summed E-state index contributed by atoms with van der Waals surface area (Å²) in [6.07, 6.45) is 1.74. The van der Waals surface area contributed by atoms with Crippen molar-refractivity contribution in [3.05, 3.63) is 42.5 Å². The molecule has 1 N–H and O–H groups in total. The summed E-state index contributed by atoms with van der Waals surface area (Å²) in [5.41, 5.74) is 1.23. The van der Waals surface area contributed by atoms with Crippen molar-refractivity contribution in [1.82, 2.24) is 25.5 Å². The second-order valence-corrected chi connectivity index (χ2v) is 5.42. The first-order valence-electron chi connectivity index (χ1n) is 6.68. The van der Waals surface area contributed by atoms with Gasteiger partial charge in [-0.25, -0.2) is 4.68 Å². The van der Waals surface area contributed by atoms with Gasteiger partial charge >= 0.3 is 0 Å². The molecule has 0 saturated heterocycles. The molecule has 22 heavy (non-hydrogen) atoms. The van der Waals surface area contributed by atoms with Gasteiger partial charge in [-0.15, -0.1) is 5.10 Å². The monoisotopic (exact) mass is 340 g/mol. The van der Waals surface area contributed by atoms with Gasteiger partial charge in [-0.3, -0.25) is 0 Å². The number of aryl methyl sites for hydroxylation is 1. The molecule has 1 aromatic carbocycles. The van der Waals surface area contributed by atoms with Crippen molar-refractivity contribution in [2.75, 3.05) is 18.9 Å². The Labute approximate surface area is 140 Å². The number of hydrogen-bond acceptors (Lipinski definition) is 6. The molecule has 8 heteroatoms. The van der Waals surface area contributed by atoms with E-state index in [1.165, 1.54) is 5.56 Å². The van der Waals surface area contributed by atoms with E-state index >= 15 is 0 Å². The van der Waals surface area contributed by atoms with E-state index in [0.717, 1.165) is 29.7 Å². The van der Waals surface area contributed by atoms with Gasteiger partial charge in [0.15, 0.2) is 0 Å². The number of nitrogens with zero attached hydrogens (tertiary/aromatic N) is 4. The van der Waals surface area contributed by atoms with Gasteiger partial charge in [0.1, 0.15) is 12.4 Å². The first kappa shape index (κ1) is 18.5. The molecule has 120 valence electrons. The van der Waals surface area contributed by atoms with Gasteiger partial charge in [0.25, 0.3) is 0 Å². The van der Waals surface area contributed by atoms with E-state index < -0.39 is 0 Å². The first-order valence-corrected chi connectivity index (χ1v) is 7.66. The highest BCUT2D eigenvalue weighted by Crippen LogP contribution is 2.13. The van der Waals surface area contributed by atoms with Crippen LogP contribution in [0.3, 0.4) is 0 Å². The first-order chi connectivity index (χ1) is 10.3. The highest BCUT2D eigenvalue weighted by Gasteiger charge is 2.01. The highest BCUT2D eigenvalue weighted by atomic mass is 35.5. The third-order valence-electron chi connectivity index (χ3n) is 2.71. The molecule has 0 amide bonds. The van der Waals surface area contributed by atoms with E-state index in [1.54, 1.807) is 22.5 Å². The quantitative estimate of drug-likeness (QED) is 0.346. The molecule has 0 aliphatic rings. The van der Waals surface area contributed by atoms with Crippen molar-refractivity contribution in [2.45, 2.75) is 11.7 Å². The fourth-order valence-electron chi connectivity index (χ4n) is 1.65. The molecule has 6 nitrogen and oxygen atoms in total. The summed E-state index contributed by atoms with van der Waals surface area (Å²) in [6, 6.07) is 8.07. The van der Waals surface area contributed by atoms with Crippen LogP contribution in [0.2, 0.25) is 0 Å². The second kappa shape index (κ2) is 10.2. The number of rotatable bonds is 9. The Bertz CT molecular complexity index is 561. The lowest BCUT2D eigenvalue weighted by Gasteiger charge is -2.06. The lowest BCUT2D eigenvalue weighted by molar-refractivity contribution is -0.00000495. The summed E-state index contributed by atoms with van der Waals surface area (Å²) in [7, 11) is 1.84. The minimum absolute atomic E-state index is 0. The number of hydrogen-bond donors (Lipinski definition) is 1. The van der Waals surface area contributed by atoms with Crippen LogP contribution in [-0.4, -0.2) is 39.1 Å². The zero-order chi connectivity index (χ0) is 14.9. The molecule has 0 fully saturated rings. The molecule has 0 bridgehead atoms. The molecule has 0 unspecified atom stereocenters. The Morgan fingerprint density at radius 1 is 1.36 bits per heavy atom. The van der Waals surface area contributed by atoms with Crippen LogP contribution in [0.4, 0.5) is 0 Å². The number of tetrazole rings is 1. The zero-order valence-corrected chi connectivity index (χ0v) is 14.0. The van der Waals surface area contributed by atoms with Crippen LogP contribution >= 0.6 is 11.8 Å². The van der Waals surface area contributed by atoms with Crippen molar-refractivity contribution < 1.29 is 17.1 Å². The molecule has 1 heterocycles. The molecule has 2 aromatic rings. The van der Waals surface area contributed by atoms with Crippen LogP contribution in [0.1, 0.15) is 5.56 Å². The third kappa shape index (κ3) is 6.05. The van der Waals surface area contributed by atoms with Crippen LogP contribution in [-0.2, 0) is 13.6 Å². The average molecular weight is 341 g/mol. The minimum Gasteiger partial charge on any atom is -1.00 e. The van der Waals surface area contributed by atoms with Crippen molar-refractivity contribution >= 4 is 11.8 Å². The predicted octanol–water partition coefficient (Wildman–Crippen LogP) is -1.34. The number of nitrogens with one attached hydrogen (secondary N) is 1. The van der Waals surface area contributed by atoms with Gasteiger partial charge < -0.3 is 22.5 Å². The van der Waals surface area contributed by atoms with Crippen LogP contribution in [0.15, 0.2) is 42.1 Å². The van der Waals surface area contributed by atoms with Gasteiger partial charge in [-0.1, -0.05) is 36.5 Å². The van der Waals surface area contributed by atoms with E-state index in [0.29, 0.717) is 6.61 Å². The smallest absolute Gasteiger partial charge is 0.209 e. The fraction of sp³-hybridized carbons (Fsp3) is 0.357. The highest BCUT2D eigenvalue weighted by molar-refractivity contribution is 7.99. The van der Waals surface area contributed by atoms with Crippen molar-refractivity contribution in [2.24, 2.45) is 7.05 Å². The Morgan fingerprint density at radius 2 is 2.14 bits per heavy atom. The molecule has 0 radical (unpaired) electrons. The van der Waals surface area contributed by atoms with E-state index in [9.17, 15) is 0 Å². The van der Waals surface area contributed by atoms with Crippen LogP contribution in [0.25, 0.3) is 0 Å². The van der Waals surface area contributed by atoms with Crippen LogP contribution in [0.5, 0.6) is 5.75 Å². The van der Waals surface area contributed by atoms with E-state index in [4.69, 9.17) is 4.74 Å². The number of aromatic nitrogens is 4. The normalized spacial score (nSPS) is 10.0. The van der Waals surface area contributed by atoms with Crippen molar-refractivity contribution in [3.8, 4) is 5.75 Å². The van der Waals surface area contributed by atoms with E-state index in [-0.39, 0.29) is 12.4 Å². The van der Waals surface area contributed by atoms with E-state index in [2.05, 4.69) is 39.6 Å². The number of halogens is 1. The van der Waals surface area contributed by atoms with Gasteiger partial charge in [-0.05, 0) is 28.1 Å². The van der Waals surface area contributed by atoms with Gasteiger partial charge in [0.05, 0.1) is 0 Å². The largest absolute Gasteiger partial charge is 1.00 e. The standard InChI is InChI=1S/C14H19N5OS.ClH/c1-3-9-20-13-6-4-12(5-7-13)11-15-8-10-21-14-16-17-18-19(14)2;/h3-7,15H,1,8-11H2,2H3;1H/p-1.